The van der Waals surface area contributed by atoms with Gasteiger partial charge in [-0.3, -0.25) is 0 Å². The lowest BCUT2D eigenvalue weighted by atomic mass is 9.99. The summed E-state index contributed by atoms with van der Waals surface area (Å²) in [4.78, 5) is 25.5. The maximum Gasteiger partial charge on any atom is 0.414 e. The lowest BCUT2D eigenvalue weighted by molar-refractivity contribution is 0.172. The number of carbonyl (C=O) groups excluding carboxylic acids is 1. The molecule has 0 aliphatic heterocycles. The molecule has 1 aromatic heterocycles. The number of aryl methyl sites for hydroxylation is 1. The fraction of sp³-hybridized carbons (Fsp3) is 0.200. The van der Waals surface area contributed by atoms with Gasteiger partial charge in [-0.25, -0.2) is 9.59 Å². The van der Waals surface area contributed by atoms with Gasteiger partial charge in [0, 0.05) is 37.5 Å². The number of nitrogens with zero attached hydrogens (tertiary/aromatic N) is 1. The summed E-state index contributed by atoms with van der Waals surface area (Å²) < 4.78 is 10.7. The van der Waals surface area contributed by atoms with E-state index in [2.05, 4.69) is 0 Å². The van der Waals surface area contributed by atoms with Crippen LogP contribution in [0.3, 0.4) is 0 Å². The maximum atomic E-state index is 12.5. The van der Waals surface area contributed by atoms with Crippen LogP contribution in [0.5, 0.6) is 5.75 Å². The molecular weight excluding hydrogens is 354 g/mol. The van der Waals surface area contributed by atoms with E-state index in [0.717, 1.165) is 11.1 Å². The molecular formula is C20H18ClNO4. The van der Waals surface area contributed by atoms with Gasteiger partial charge in [0.05, 0.1) is 5.02 Å². The van der Waals surface area contributed by atoms with Gasteiger partial charge in [-0.15, -0.1) is 0 Å². The molecule has 0 aliphatic carbocycles. The SMILES string of the molecule is Cc1c(Cc2ccccc2)c(=O)oc2cc(OC(=O)N(C)C)c(Cl)cc12. The summed E-state index contributed by atoms with van der Waals surface area (Å²) in [6.07, 6.45) is -0.0917. The highest BCUT2D eigenvalue weighted by Crippen LogP contribution is 2.32. The van der Waals surface area contributed by atoms with Crippen molar-refractivity contribution in [1.29, 1.82) is 0 Å². The third-order valence-electron chi connectivity index (χ3n) is 4.13. The minimum atomic E-state index is -0.564. The van der Waals surface area contributed by atoms with Crippen LogP contribution in [0, 0.1) is 6.92 Å². The molecule has 0 unspecified atom stereocenters. The quantitative estimate of drug-likeness (QED) is 0.640. The zero-order chi connectivity index (χ0) is 18.8. The molecule has 0 spiro atoms. The molecule has 0 saturated carbocycles. The zero-order valence-corrected chi connectivity index (χ0v) is 15.5. The van der Waals surface area contributed by atoms with Crippen molar-refractivity contribution in [2.24, 2.45) is 0 Å². The summed E-state index contributed by atoms with van der Waals surface area (Å²) in [6.45, 7) is 1.86. The highest BCUT2D eigenvalue weighted by Gasteiger charge is 2.17. The van der Waals surface area contributed by atoms with Crippen LogP contribution in [-0.2, 0) is 6.42 Å². The smallest absolute Gasteiger partial charge is 0.414 e. The molecule has 5 nitrogen and oxygen atoms in total. The van der Waals surface area contributed by atoms with E-state index in [1.807, 2.05) is 37.3 Å². The first-order chi connectivity index (χ1) is 12.4. The number of hydrogen-bond acceptors (Lipinski definition) is 4. The van der Waals surface area contributed by atoms with E-state index >= 15 is 0 Å². The van der Waals surface area contributed by atoms with Crippen molar-refractivity contribution in [3.05, 3.63) is 74.6 Å². The standard InChI is InChI=1S/C20H18ClNO4/c1-12-14-10-16(21)18(26-20(24)22(2)3)11-17(14)25-19(23)15(12)9-13-7-5-4-6-8-13/h4-8,10-11H,9H2,1-3H3. The Bertz CT molecular complexity index is 1030. The van der Waals surface area contributed by atoms with Gasteiger partial charge in [0.1, 0.15) is 5.58 Å². The van der Waals surface area contributed by atoms with Crippen LogP contribution in [0.25, 0.3) is 11.0 Å². The van der Waals surface area contributed by atoms with Gasteiger partial charge in [0.2, 0.25) is 0 Å². The number of halogens is 1. The van der Waals surface area contributed by atoms with Gasteiger partial charge in [-0.2, -0.15) is 0 Å². The molecule has 26 heavy (non-hydrogen) atoms. The lowest BCUT2D eigenvalue weighted by Crippen LogP contribution is -2.25. The minimum absolute atomic E-state index is 0.149. The van der Waals surface area contributed by atoms with E-state index in [-0.39, 0.29) is 10.8 Å². The van der Waals surface area contributed by atoms with Gasteiger partial charge in [-0.1, -0.05) is 41.9 Å². The molecule has 134 valence electrons. The minimum Gasteiger partial charge on any atom is -0.422 e. The second-order valence-corrected chi connectivity index (χ2v) is 6.60. The van der Waals surface area contributed by atoms with Crippen molar-refractivity contribution >= 4 is 28.7 Å². The van der Waals surface area contributed by atoms with Gasteiger partial charge < -0.3 is 14.1 Å². The van der Waals surface area contributed by atoms with Crippen molar-refractivity contribution in [1.82, 2.24) is 4.90 Å². The average molecular weight is 372 g/mol. The van der Waals surface area contributed by atoms with Crippen molar-refractivity contribution < 1.29 is 13.9 Å². The molecule has 2 aromatic carbocycles. The first-order valence-corrected chi connectivity index (χ1v) is 8.43. The fourth-order valence-electron chi connectivity index (χ4n) is 2.66. The largest absolute Gasteiger partial charge is 0.422 e. The summed E-state index contributed by atoms with van der Waals surface area (Å²) in [5.41, 5.74) is 2.32. The van der Waals surface area contributed by atoms with E-state index in [0.29, 0.717) is 23.0 Å². The van der Waals surface area contributed by atoms with Gasteiger partial charge in [0.15, 0.2) is 5.75 Å². The van der Waals surface area contributed by atoms with E-state index in [4.69, 9.17) is 20.8 Å². The Morgan fingerprint density at radius 3 is 2.54 bits per heavy atom. The number of fused-ring (bicyclic) bond motifs is 1. The summed E-state index contributed by atoms with van der Waals surface area (Å²) in [5.74, 6) is 0.149. The Labute approximate surface area is 155 Å². The van der Waals surface area contributed by atoms with Crippen molar-refractivity contribution in [2.75, 3.05) is 14.1 Å². The van der Waals surface area contributed by atoms with Crippen LogP contribution in [0.1, 0.15) is 16.7 Å². The monoisotopic (exact) mass is 371 g/mol. The molecule has 3 aromatic rings. The molecule has 0 radical (unpaired) electrons. The van der Waals surface area contributed by atoms with Crippen LogP contribution in [-0.4, -0.2) is 25.1 Å². The Kier molecular flexibility index (Phi) is 5.00. The zero-order valence-electron chi connectivity index (χ0n) is 14.7. The topological polar surface area (TPSA) is 59.8 Å². The number of ether oxygens (including phenoxy) is 1. The second-order valence-electron chi connectivity index (χ2n) is 6.20. The summed E-state index contributed by atoms with van der Waals surface area (Å²) in [7, 11) is 3.13. The number of carbonyl (C=O) groups is 1. The first kappa shape index (κ1) is 18.0. The number of amides is 1. The first-order valence-electron chi connectivity index (χ1n) is 8.05. The van der Waals surface area contributed by atoms with Crippen LogP contribution in [0.2, 0.25) is 5.02 Å². The van der Waals surface area contributed by atoms with Crippen molar-refractivity contribution in [3.63, 3.8) is 0 Å². The molecule has 3 rings (SSSR count). The third-order valence-corrected chi connectivity index (χ3v) is 4.42. The maximum absolute atomic E-state index is 12.5. The van der Waals surface area contributed by atoms with Gasteiger partial charge >= 0.3 is 11.7 Å². The predicted octanol–water partition coefficient (Wildman–Crippen LogP) is 4.41. The fourth-order valence-corrected chi connectivity index (χ4v) is 2.86. The van der Waals surface area contributed by atoms with Crippen LogP contribution >= 0.6 is 11.6 Å². The third kappa shape index (κ3) is 3.58. The molecule has 0 fully saturated rings. The van der Waals surface area contributed by atoms with Crippen molar-refractivity contribution in [3.8, 4) is 5.75 Å². The molecule has 0 saturated heterocycles. The molecule has 0 atom stereocenters. The number of rotatable bonds is 3. The highest BCUT2D eigenvalue weighted by atomic mass is 35.5. The summed E-state index contributed by atoms with van der Waals surface area (Å²) in [5, 5.41) is 0.987. The Balaban J connectivity index is 2.07. The summed E-state index contributed by atoms with van der Waals surface area (Å²) >= 11 is 6.26. The normalized spacial score (nSPS) is 10.8. The number of benzene rings is 2. The highest BCUT2D eigenvalue weighted by molar-refractivity contribution is 6.33. The van der Waals surface area contributed by atoms with E-state index in [9.17, 15) is 9.59 Å². The summed E-state index contributed by atoms with van der Waals surface area (Å²) in [6, 6.07) is 12.8. The predicted molar refractivity (Wildman–Crippen MR) is 101 cm³/mol. The molecule has 1 amide bonds. The van der Waals surface area contributed by atoms with Crippen LogP contribution in [0.15, 0.2) is 51.7 Å². The Morgan fingerprint density at radius 1 is 1.19 bits per heavy atom. The Morgan fingerprint density at radius 2 is 1.88 bits per heavy atom. The van der Waals surface area contributed by atoms with Crippen LogP contribution in [0.4, 0.5) is 4.79 Å². The van der Waals surface area contributed by atoms with E-state index < -0.39 is 11.7 Å². The molecule has 0 N–H and O–H groups in total. The van der Waals surface area contributed by atoms with Crippen molar-refractivity contribution in [2.45, 2.75) is 13.3 Å². The van der Waals surface area contributed by atoms with Gasteiger partial charge in [0.25, 0.3) is 0 Å². The molecule has 0 bridgehead atoms. The molecule has 0 aliphatic rings. The second kappa shape index (κ2) is 7.22. The van der Waals surface area contributed by atoms with E-state index in [1.165, 1.54) is 11.0 Å². The average Bonchev–Trinajstić information content (AvgIpc) is 2.61. The Hall–Kier alpha value is -2.79. The lowest BCUT2D eigenvalue weighted by Gasteiger charge is -2.13. The van der Waals surface area contributed by atoms with Crippen LogP contribution < -0.4 is 10.4 Å². The molecule has 6 heteroatoms. The number of hydrogen-bond donors (Lipinski definition) is 0. The van der Waals surface area contributed by atoms with Gasteiger partial charge in [-0.05, 0) is 24.1 Å². The molecule has 1 heterocycles. The van der Waals surface area contributed by atoms with E-state index in [1.54, 1.807) is 20.2 Å².